The fourth-order valence-corrected chi connectivity index (χ4v) is 5.37. The molecule has 6 heteroatoms. The minimum absolute atomic E-state index is 0.150. The summed E-state index contributed by atoms with van der Waals surface area (Å²) in [7, 11) is 1.71. The van der Waals surface area contributed by atoms with Crippen molar-refractivity contribution in [3.8, 4) is 5.75 Å². The summed E-state index contributed by atoms with van der Waals surface area (Å²) in [5, 5.41) is 2.88. The van der Waals surface area contributed by atoms with Gasteiger partial charge in [-0.05, 0) is 0 Å². The Labute approximate surface area is 177 Å². The number of anilines is 1. The van der Waals surface area contributed by atoms with Gasteiger partial charge in [-0.25, -0.2) is 0 Å². The number of carbonyl (C=O) groups is 1. The number of para-hydroxylation sites is 2. The molecule has 0 aliphatic carbocycles. The number of methoxy groups -OCH3 is 1. The molecule has 2 aliphatic heterocycles. The molecule has 1 aromatic carbocycles. The maximum atomic E-state index is 12.0. The number of fused-ring (bicyclic) bond motifs is 1. The Hall–Kier alpha value is -1.96. The van der Waals surface area contributed by atoms with Crippen molar-refractivity contribution in [3.63, 3.8) is 0 Å². The zero-order valence-electron chi connectivity index (χ0n) is 16.9. The van der Waals surface area contributed by atoms with Crippen molar-refractivity contribution >= 4 is 11.8 Å². The number of ether oxygens (including phenoxy) is 2. The van der Waals surface area contributed by atoms with Crippen LogP contribution in [0, 0.1) is 0 Å². The van der Waals surface area contributed by atoms with E-state index in [1.807, 2.05) is 39.0 Å². The first kappa shape index (κ1) is 20.8. The van der Waals surface area contributed by atoms with E-state index in [0.717, 1.165) is 36.5 Å². The zero-order valence-corrected chi connectivity index (χ0v) is 19.1. The van der Waals surface area contributed by atoms with Gasteiger partial charge in [0.15, 0.2) is 0 Å². The van der Waals surface area contributed by atoms with Crippen LogP contribution in [0.4, 0.5) is 10.5 Å². The molecule has 152 valence electrons. The first-order valence-corrected chi connectivity index (χ1v) is 11.9. The summed E-state index contributed by atoms with van der Waals surface area (Å²) >= 11 is -0.150. The van der Waals surface area contributed by atoms with Crippen LogP contribution in [0.15, 0.2) is 55.2 Å². The second-order valence-electron chi connectivity index (χ2n) is 7.81. The van der Waals surface area contributed by atoms with Crippen molar-refractivity contribution in [2.75, 3.05) is 31.6 Å². The normalized spacial score (nSPS) is 17.1. The summed E-state index contributed by atoms with van der Waals surface area (Å²) in [5.41, 5.74) is 4.57. The van der Waals surface area contributed by atoms with E-state index in [0.29, 0.717) is 6.54 Å². The minimum atomic E-state index is -0.485. The number of hydrogen-bond donors (Lipinski definition) is 1. The molecule has 1 saturated heterocycles. The second kappa shape index (κ2) is 9.03. The first-order chi connectivity index (χ1) is 13.4. The molecule has 1 N–H and O–H groups in total. The van der Waals surface area contributed by atoms with Crippen LogP contribution in [0.3, 0.4) is 0 Å². The number of nitrogens with one attached hydrogen (secondary N) is 1. The standard InChI is InChI=1S/C22H28IN2O3/c1-22(2,3)28-21(26)24-14-16-11-18-15-25(10-9-17(18)13-23-12-16)19-7-5-6-8-20(19)27-4/h5-8,11-13H,9-10,14-15H2,1-4H3,(H,24,26)/q-1. The van der Waals surface area contributed by atoms with Crippen molar-refractivity contribution in [2.24, 2.45) is 0 Å². The van der Waals surface area contributed by atoms with Crippen molar-refractivity contribution in [1.29, 1.82) is 0 Å². The van der Waals surface area contributed by atoms with Crippen molar-refractivity contribution in [3.05, 3.63) is 55.2 Å². The monoisotopic (exact) mass is 495 g/mol. The van der Waals surface area contributed by atoms with E-state index in [1.54, 1.807) is 7.11 Å². The number of nitrogens with zero attached hydrogens (tertiary/aromatic N) is 1. The number of alkyl carbamates (subject to hydrolysis) is 1. The molecule has 2 aliphatic rings. The molecule has 0 radical (unpaired) electrons. The van der Waals surface area contributed by atoms with Crippen molar-refractivity contribution in [2.45, 2.75) is 32.8 Å². The van der Waals surface area contributed by atoms with Crippen LogP contribution in [-0.2, 0) is 4.74 Å². The van der Waals surface area contributed by atoms with E-state index in [9.17, 15) is 4.79 Å². The molecule has 3 rings (SSSR count). The molecule has 2 heterocycles. The average Bonchev–Trinajstić information content (AvgIpc) is 2.86. The van der Waals surface area contributed by atoms with E-state index in [2.05, 4.69) is 30.5 Å². The molecule has 1 aromatic rings. The number of carbonyl (C=O) groups excluding carboxylic acids is 1. The average molecular weight is 495 g/mol. The molecular formula is C22H28IN2O3-. The third-order valence-corrected chi connectivity index (χ3v) is 6.71. The van der Waals surface area contributed by atoms with Crippen LogP contribution in [0.25, 0.3) is 0 Å². The van der Waals surface area contributed by atoms with Crippen LogP contribution in [-0.4, -0.2) is 38.4 Å². The number of benzene rings is 1. The summed E-state index contributed by atoms with van der Waals surface area (Å²) in [6.07, 6.45) is 2.89. The van der Waals surface area contributed by atoms with Gasteiger partial charge in [-0.2, -0.15) is 0 Å². The Morgan fingerprint density at radius 2 is 2.00 bits per heavy atom. The summed E-state index contributed by atoms with van der Waals surface area (Å²) in [6, 6.07) is 8.16. The maximum absolute atomic E-state index is 12.0. The van der Waals surface area contributed by atoms with Crippen LogP contribution in [0.1, 0.15) is 27.2 Å². The van der Waals surface area contributed by atoms with Crippen molar-refractivity contribution < 1.29 is 35.5 Å². The number of halogens is 1. The van der Waals surface area contributed by atoms with E-state index < -0.39 is 5.60 Å². The van der Waals surface area contributed by atoms with E-state index in [1.165, 1.54) is 11.1 Å². The molecule has 0 spiro atoms. The summed E-state index contributed by atoms with van der Waals surface area (Å²) in [6.45, 7) is 7.94. The Bertz CT molecular complexity index is 821. The second-order valence-corrected chi connectivity index (χ2v) is 9.78. The molecule has 0 aromatic heterocycles. The molecule has 28 heavy (non-hydrogen) atoms. The van der Waals surface area contributed by atoms with E-state index in [-0.39, 0.29) is 27.3 Å². The summed E-state index contributed by atoms with van der Waals surface area (Å²) in [4.78, 5) is 14.3. The number of amides is 1. The van der Waals surface area contributed by atoms with E-state index >= 15 is 0 Å². The molecule has 0 atom stereocenters. The van der Waals surface area contributed by atoms with Crippen LogP contribution in [0.5, 0.6) is 5.75 Å². The third-order valence-electron chi connectivity index (χ3n) is 4.44. The van der Waals surface area contributed by atoms with Gasteiger partial charge in [-0.3, -0.25) is 0 Å². The summed E-state index contributed by atoms with van der Waals surface area (Å²) in [5.74, 6) is 0.902. The Morgan fingerprint density at radius 3 is 2.75 bits per heavy atom. The molecule has 0 unspecified atom stereocenters. The topological polar surface area (TPSA) is 50.8 Å². The Balaban J connectivity index is 1.70. The summed E-state index contributed by atoms with van der Waals surface area (Å²) < 4.78 is 15.6. The molecule has 0 bridgehead atoms. The van der Waals surface area contributed by atoms with Gasteiger partial charge < -0.3 is 0 Å². The Kier molecular flexibility index (Phi) is 6.69. The van der Waals surface area contributed by atoms with Gasteiger partial charge in [-0.1, -0.05) is 0 Å². The van der Waals surface area contributed by atoms with Crippen LogP contribution >= 0.6 is 0 Å². The van der Waals surface area contributed by atoms with Crippen LogP contribution in [0.2, 0.25) is 0 Å². The first-order valence-electron chi connectivity index (χ1n) is 9.41. The molecule has 5 nitrogen and oxygen atoms in total. The molecule has 1 fully saturated rings. The fourth-order valence-electron chi connectivity index (χ4n) is 3.18. The fraction of sp³-hybridized carbons (Fsp3) is 0.409. The van der Waals surface area contributed by atoms with Gasteiger partial charge in [0.05, 0.1) is 0 Å². The number of hydrogen-bond acceptors (Lipinski definition) is 4. The van der Waals surface area contributed by atoms with Gasteiger partial charge in [0.1, 0.15) is 0 Å². The molecule has 1 amide bonds. The SMILES string of the molecule is COc1ccccc1N1CCC2=C[I-]C=C(CNC(=O)OC(C)(C)C)C=C2C1. The quantitative estimate of drug-likeness (QED) is 0.639. The number of rotatable bonds is 4. The third kappa shape index (κ3) is 5.53. The van der Waals surface area contributed by atoms with Gasteiger partial charge >= 0.3 is 178 Å². The van der Waals surface area contributed by atoms with Gasteiger partial charge in [0.25, 0.3) is 0 Å². The number of piperidine rings is 1. The van der Waals surface area contributed by atoms with Gasteiger partial charge in [0, 0.05) is 0 Å². The van der Waals surface area contributed by atoms with Gasteiger partial charge in [0.2, 0.25) is 0 Å². The molecule has 0 saturated carbocycles. The predicted molar refractivity (Wildman–Crippen MR) is 108 cm³/mol. The molecular weight excluding hydrogens is 467 g/mol. The Morgan fingerprint density at radius 1 is 1.21 bits per heavy atom. The van der Waals surface area contributed by atoms with E-state index in [4.69, 9.17) is 9.47 Å². The van der Waals surface area contributed by atoms with Gasteiger partial charge in [-0.15, -0.1) is 0 Å². The zero-order chi connectivity index (χ0) is 20.1. The predicted octanol–water partition coefficient (Wildman–Crippen LogP) is 1.23. The van der Waals surface area contributed by atoms with Crippen LogP contribution < -0.4 is 36.2 Å². The van der Waals surface area contributed by atoms with Crippen molar-refractivity contribution in [1.82, 2.24) is 5.32 Å².